The number of carboxylic acid groups (broad SMARTS) is 1. The summed E-state index contributed by atoms with van der Waals surface area (Å²) >= 11 is 0. The lowest BCUT2D eigenvalue weighted by Gasteiger charge is -2.19. The highest BCUT2D eigenvalue weighted by Gasteiger charge is 2.44. The van der Waals surface area contributed by atoms with Gasteiger partial charge in [-0.15, -0.1) is 0 Å². The lowest BCUT2D eigenvalue weighted by Crippen LogP contribution is -2.32. The SMILES string of the molecule is CC(C)(C)OC(=O)NCc1cccc(C2CC2C(=O)O)c1. The van der Waals surface area contributed by atoms with Crippen LogP contribution in [0.2, 0.25) is 0 Å². The number of hydrogen-bond donors (Lipinski definition) is 2. The Labute approximate surface area is 124 Å². The first-order valence-corrected chi connectivity index (χ1v) is 7.05. The highest BCUT2D eigenvalue weighted by molar-refractivity contribution is 5.75. The normalized spacial score (nSPS) is 20.7. The van der Waals surface area contributed by atoms with Gasteiger partial charge in [0.1, 0.15) is 5.60 Å². The number of alkyl carbamates (subject to hydrolysis) is 1. The molecule has 114 valence electrons. The van der Waals surface area contributed by atoms with Gasteiger partial charge in [-0.25, -0.2) is 4.79 Å². The third-order valence-electron chi connectivity index (χ3n) is 3.32. The second-order valence-corrected chi connectivity index (χ2v) is 6.39. The molecule has 2 rings (SSSR count). The number of carboxylic acids is 1. The maximum absolute atomic E-state index is 11.6. The maximum Gasteiger partial charge on any atom is 0.407 e. The molecule has 1 aliphatic carbocycles. The molecule has 1 fully saturated rings. The van der Waals surface area contributed by atoms with Crippen molar-refractivity contribution in [2.24, 2.45) is 5.92 Å². The van der Waals surface area contributed by atoms with Gasteiger partial charge in [-0.1, -0.05) is 24.3 Å². The number of ether oxygens (including phenoxy) is 1. The van der Waals surface area contributed by atoms with Crippen molar-refractivity contribution in [2.45, 2.75) is 45.3 Å². The van der Waals surface area contributed by atoms with Gasteiger partial charge in [0, 0.05) is 6.54 Å². The van der Waals surface area contributed by atoms with Crippen molar-refractivity contribution in [1.29, 1.82) is 0 Å². The van der Waals surface area contributed by atoms with Crippen molar-refractivity contribution >= 4 is 12.1 Å². The van der Waals surface area contributed by atoms with E-state index in [0.717, 1.165) is 11.1 Å². The van der Waals surface area contributed by atoms with Crippen LogP contribution >= 0.6 is 0 Å². The Hall–Kier alpha value is -2.04. The molecule has 0 heterocycles. The summed E-state index contributed by atoms with van der Waals surface area (Å²) in [6.45, 7) is 5.80. The average molecular weight is 291 g/mol. The molecule has 2 N–H and O–H groups in total. The van der Waals surface area contributed by atoms with E-state index in [1.165, 1.54) is 0 Å². The van der Waals surface area contributed by atoms with Crippen molar-refractivity contribution in [1.82, 2.24) is 5.32 Å². The molecule has 1 aromatic rings. The predicted molar refractivity (Wildman–Crippen MR) is 78.0 cm³/mol. The molecule has 5 heteroatoms. The molecule has 0 radical (unpaired) electrons. The fourth-order valence-electron chi connectivity index (χ4n) is 2.26. The van der Waals surface area contributed by atoms with Gasteiger partial charge in [0.25, 0.3) is 0 Å². The second-order valence-electron chi connectivity index (χ2n) is 6.39. The van der Waals surface area contributed by atoms with E-state index in [1.54, 1.807) is 0 Å². The van der Waals surface area contributed by atoms with Crippen LogP contribution in [-0.4, -0.2) is 22.8 Å². The van der Waals surface area contributed by atoms with E-state index in [1.807, 2.05) is 45.0 Å². The van der Waals surface area contributed by atoms with Crippen molar-refractivity contribution in [3.63, 3.8) is 0 Å². The van der Waals surface area contributed by atoms with Crippen LogP contribution < -0.4 is 5.32 Å². The standard InChI is InChI=1S/C16H21NO4/c1-16(2,3)21-15(20)17-9-10-5-4-6-11(7-10)12-8-13(12)14(18)19/h4-7,12-13H,8-9H2,1-3H3,(H,17,20)(H,18,19). The van der Waals surface area contributed by atoms with Crippen LogP contribution in [0.5, 0.6) is 0 Å². The lowest BCUT2D eigenvalue weighted by molar-refractivity contribution is -0.138. The molecule has 0 aliphatic heterocycles. The van der Waals surface area contributed by atoms with Gasteiger partial charge in [-0.2, -0.15) is 0 Å². The first kappa shape index (κ1) is 15.4. The largest absolute Gasteiger partial charge is 0.481 e. The number of aliphatic carboxylic acids is 1. The summed E-state index contributed by atoms with van der Waals surface area (Å²) in [5.41, 5.74) is 1.44. The smallest absolute Gasteiger partial charge is 0.407 e. The molecule has 1 amide bonds. The fourth-order valence-corrected chi connectivity index (χ4v) is 2.26. The number of rotatable bonds is 4. The Kier molecular flexibility index (Phi) is 4.21. The van der Waals surface area contributed by atoms with E-state index in [-0.39, 0.29) is 11.8 Å². The van der Waals surface area contributed by atoms with Gasteiger partial charge in [-0.05, 0) is 44.2 Å². The maximum atomic E-state index is 11.6. The molecule has 0 aromatic heterocycles. The Morgan fingerprint density at radius 3 is 2.67 bits per heavy atom. The van der Waals surface area contributed by atoms with Crippen LogP contribution in [0, 0.1) is 5.92 Å². The summed E-state index contributed by atoms with van der Waals surface area (Å²) in [7, 11) is 0. The van der Waals surface area contributed by atoms with E-state index in [0.29, 0.717) is 13.0 Å². The van der Waals surface area contributed by atoms with Gasteiger partial charge in [-0.3, -0.25) is 4.79 Å². The van der Waals surface area contributed by atoms with E-state index in [2.05, 4.69) is 5.32 Å². The molecule has 2 unspecified atom stereocenters. The zero-order valence-electron chi connectivity index (χ0n) is 12.6. The van der Waals surface area contributed by atoms with Crippen LogP contribution in [0.4, 0.5) is 4.79 Å². The number of nitrogens with one attached hydrogen (secondary N) is 1. The van der Waals surface area contributed by atoms with Crippen LogP contribution in [0.15, 0.2) is 24.3 Å². The van der Waals surface area contributed by atoms with E-state index in [4.69, 9.17) is 9.84 Å². The summed E-state index contributed by atoms with van der Waals surface area (Å²) in [5, 5.41) is 11.7. The van der Waals surface area contributed by atoms with Gasteiger partial charge < -0.3 is 15.2 Å². The molecule has 0 spiro atoms. The number of carbonyl (C=O) groups excluding carboxylic acids is 1. The van der Waals surface area contributed by atoms with E-state index >= 15 is 0 Å². The summed E-state index contributed by atoms with van der Waals surface area (Å²) in [6.07, 6.45) is 0.237. The van der Waals surface area contributed by atoms with Crippen molar-refractivity contribution in [3.8, 4) is 0 Å². The Morgan fingerprint density at radius 1 is 1.38 bits per heavy atom. The summed E-state index contributed by atoms with van der Waals surface area (Å²) in [4.78, 5) is 22.5. The summed E-state index contributed by atoms with van der Waals surface area (Å²) in [5.74, 6) is -0.902. The molecule has 0 bridgehead atoms. The topological polar surface area (TPSA) is 75.6 Å². The fraction of sp³-hybridized carbons (Fsp3) is 0.500. The third kappa shape index (κ3) is 4.48. The van der Waals surface area contributed by atoms with Crippen LogP contribution in [0.3, 0.4) is 0 Å². The van der Waals surface area contributed by atoms with Crippen molar-refractivity contribution < 1.29 is 19.4 Å². The van der Waals surface area contributed by atoms with Gasteiger partial charge in [0.15, 0.2) is 0 Å². The first-order chi connectivity index (χ1) is 9.76. The predicted octanol–water partition coefficient (Wildman–Crippen LogP) is 2.90. The molecule has 1 aromatic carbocycles. The molecule has 2 atom stereocenters. The minimum atomic E-state index is -0.739. The number of amides is 1. The molecular formula is C16H21NO4. The van der Waals surface area contributed by atoms with E-state index < -0.39 is 17.7 Å². The number of carbonyl (C=O) groups is 2. The molecule has 0 saturated heterocycles. The lowest BCUT2D eigenvalue weighted by atomic mass is 10.1. The third-order valence-corrected chi connectivity index (χ3v) is 3.32. The highest BCUT2D eigenvalue weighted by atomic mass is 16.6. The van der Waals surface area contributed by atoms with Crippen LogP contribution in [-0.2, 0) is 16.1 Å². The Balaban J connectivity index is 1.90. The molecule has 1 saturated carbocycles. The van der Waals surface area contributed by atoms with E-state index in [9.17, 15) is 9.59 Å². The number of hydrogen-bond acceptors (Lipinski definition) is 3. The Bertz CT molecular complexity index is 547. The van der Waals surface area contributed by atoms with Crippen molar-refractivity contribution in [2.75, 3.05) is 0 Å². The van der Waals surface area contributed by atoms with Gasteiger partial charge >= 0.3 is 12.1 Å². The number of benzene rings is 1. The molecule has 21 heavy (non-hydrogen) atoms. The summed E-state index contributed by atoms with van der Waals surface area (Å²) in [6, 6.07) is 7.67. The van der Waals surface area contributed by atoms with Gasteiger partial charge in [0.2, 0.25) is 0 Å². The molecule has 1 aliphatic rings. The first-order valence-electron chi connectivity index (χ1n) is 7.05. The minimum absolute atomic E-state index is 0.101. The Morgan fingerprint density at radius 2 is 2.10 bits per heavy atom. The summed E-state index contributed by atoms with van der Waals surface area (Å²) < 4.78 is 5.17. The zero-order chi connectivity index (χ0) is 15.6. The van der Waals surface area contributed by atoms with Crippen LogP contribution in [0.25, 0.3) is 0 Å². The minimum Gasteiger partial charge on any atom is -0.481 e. The van der Waals surface area contributed by atoms with Crippen LogP contribution in [0.1, 0.15) is 44.2 Å². The second kappa shape index (κ2) is 5.76. The highest BCUT2D eigenvalue weighted by Crippen LogP contribution is 2.47. The monoisotopic (exact) mass is 291 g/mol. The quantitative estimate of drug-likeness (QED) is 0.894. The zero-order valence-corrected chi connectivity index (χ0v) is 12.6. The van der Waals surface area contributed by atoms with Gasteiger partial charge in [0.05, 0.1) is 5.92 Å². The molecule has 5 nitrogen and oxygen atoms in total. The molecular weight excluding hydrogens is 270 g/mol. The van der Waals surface area contributed by atoms with Crippen molar-refractivity contribution in [3.05, 3.63) is 35.4 Å². The average Bonchev–Trinajstić information content (AvgIpc) is 3.15.